The largest absolute Gasteiger partial charge is 0.489 e. The summed E-state index contributed by atoms with van der Waals surface area (Å²) < 4.78 is 8.24. The highest BCUT2D eigenvalue weighted by atomic mass is 16.5. The minimum Gasteiger partial charge on any atom is -0.489 e. The summed E-state index contributed by atoms with van der Waals surface area (Å²) >= 11 is 0. The highest BCUT2D eigenvalue weighted by molar-refractivity contribution is 5.99. The van der Waals surface area contributed by atoms with Crippen LogP contribution in [-0.4, -0.2) is 56.4 Å². The van der Waals surface area contributed by atoms with E-state index in [2.05, 4.69) is 37.2 Å². The van der Waals surface area contributed by atoms with Gasteiger partial charge in [0, 0.05) is 42.6 Å². The molecular weight excluding hydrogens is 426 g/mol. The molecular formula is C26H27N7O. The zero-order chi connectivity index (χ0) is 23.7. The molecule has 3 heterocycles. The molecule has 0 saturated heterocycles. The van der Waals surface area contributed by atoms with Crippen molar-refractivity contribution < 1.29 is 4.74 Å². The van der Waals surface area contributed by atoms with Crippen molar-refractivity contribution in [2.45, 2.75) is 13.0 Å². The molecule has 0 spiro atoms. The van der Waals surface area contributed by atoms with Gasteiger partial charge in [-0.3, -0.25) is 9.67 Å². The first-order valence-corrected chi connectivity index (χ1v) is 11.2. The van der Waals surface area contributed by atoms with Crippen LogP contribution >= 0.6 is 0 Å². The minimum atomic E-state index is -0.0275. The van der Waals surface area contributed by atoms with Crippen molar-refractivity contribution in [3.63, 3.8) is 0 Å². The summed E-state index contributed by atoms with van der Waals surface area (Å²) in [6, 6.07) is 14.2. The lowest BCUT2D eigenvalue weighted by Gasteiger charge is -2.21. The van der Waals surface area contributed by atoms with E-state index in [1.807, 2.05) is 76.0 Å². The van der Waals surface area contributed by atoms with Crippen molar-refractivity contribution in [3.05, 3.63) is 67.4 Å². The third-order valence-corrected chi connectivity index (χ3v) is 5.56. The number of benzene rings is 2. The fourth-order valence-corrected chi connectivity index (χ4v) is 4.13. The third-order valence-electron chi connectivity index (χ3n) is 5.56. The summed E-state index contributed by atoms with van der Waals surface area (Å²) in [5, 5.41) is 9.70. The predicted octanol–water partition coefficient (Wildman–Crippen LogP) is 4.65. The molecule has 2 aromatic carbocycles. The Hall–Kier alpha value is -4.04. The van der Waals surface area contributed by atoms with E-state index < -0.39 is 0 Å². The van der Waals surface area contributed by atoms with Crippen LogP contribution in [0.2, 0.25) is 0 Å². The summed E-state index contributed by atoms with van der Waals surface area (Å²) in [7, 11) is 5.98. The number of rotatable bonds is 7. The van der Waals surface area contributed by atoms with Crippen molar-refractivity contribution in [1.82, 2.24) is 29.6 Å². The lowest BCUT2D eigenvalue weighted by molar-refractivity contribution is 0.179. The molecule has 0 aliphatic carbocycles. The van der Waals surface area contributed by atoms with E-state index in [0.717, 1.165) is 50.9 Å². The molecule has 0 aliphatic heterocycles. The van der Waals surface area contributed by atoms with Crippen LogP contribution in [0, 0.1) is 0 Å². The molecule has 0 unspecified atom stereocenters. The molecule has 8 nitrogen and oxygen atoms in total. The monoisotopic (exact) mass is 453 g/mol. The van der Waals surface area contributed by atoms with E-state index in [1.54, 1.807) is 17.2 Å². The van der Waals surface area contributed by atoms with Gasteiger partial charge in [0.1, 0.15) is 24.0 Å². The second-order valence-corrected chi connectivity index (χ2v) is 8.72. The topological polar surface area (TPSA) is 81.0 Å². The summed E-state index contributed by atoms with van der Waals surface area (Å²) in [5.41, 5.74) is 4.61. The first kappa shape index (κ1) is 21.8. The molecule has 1 N–H and O–H groups in total. The first-order valence-electron chi connectivity index (χ1n) is 11.2. The molecule has 5 rings (SSSR count). The molecule has 0 bridgehead atoms. The maximum absolute atomic E-state index is 6.45. The van der Waals surface area contributed by atoms with Crippen LogP contribution in [0.1, 0.15) is 6.92 Å². The van der Waals surface area contributed by atoms with Crippen LogP contribution in [-0.2, 0) is 7.05 Å². The number of fused-ring (bicyclic) bond motifs is 2. The van der Waals surface area contributed by atoms with Crippen molar-refractivity contribution in [3.8, 4) is 16.9 Å². The average molecular weight is 454 g/mol. The van der Waals surface area contributed by atoms with Crippen molar-refractivity contribution in [1.29, 1.82) is 0 Å². The van der Waals surface area contributed by atoms with E-state index in [0.29, 0.717) is 5.82 Å². The number of nitrogens with one attached hydrogen (secondary N) is 1. The van der Waals surface area contributed by atoms with Crippen LogP contribution < -0.4 is 10.1 Å². The number of likely N-dealkylation sites (N-methyl/N-ethyl adjacent to an activating group) is 1. The van der Waals surface area contributed by atoms with Gasteiger partial charge < -0.3 is 15.0 Å². The van der Waals surface area contributed by atoms with Crippen LogP contribution in [0.5, 0.6) is 5.75 Å². The SMILES string of the molecule is C[C@H](CN(C)C)Oc1cc(-c2cnn(C)c2)cc2ncnc(Nc3ccc4cccnc4c3)c12. The highest BCUT2D eigenvalue weighted by Crippen LogP contribution is 2.37. The molecule has 5 aromatic rings. The van der Waals surface area contributed by atoms with Gasteiger partial charge in [0.2, 0.25) is 0 Å². The Balaban J connectivity index is 1.61. The van der Waals surface area contributed by atoms with E-state index >= 15 is 0 Å². The van der Waals surface area contributed by atoms with Gasteiger partial charge in [-0.1, -0.05) is 12.1 Å². The summed E-state index contributed by atoms with van der Waals surface area (Å²) in [4.78, 5) is 15.7. The number of anilines is 2. The Morgan fingerprint density at radius 1 is 1.03 bits per heavy atom. The smallest absolute Gasteiger partial charge is 0.145 e. The molecule has 8 heteroatoms. The molecule has 0 aliphatic rings. The molecule has 172 valence electrons. The van der Waals surface area contributed by atoms with Crippen LogP contribution in [0.4, 0.5) is 11.5 Å². The van der Waals surface area contributed by atoms with Gasteiger partial charge in [0.05, 0.1) is 22.6 Å². The number of aromatic nitrogens is 5. The average Bonchev–Trinajstić information content (AvgIpc) is 3.24. The van der Waals surface area contributed by atoms with Gasteiger partial charge in [-0.15, -0.1) is 0 Å². The van der Waals surface area contributed by atoms with Crippen molar-refractivity contribution in [2.75, 3.05) is 26.0 Å². The van der Waals surface area contributed by atoms with Gasteiger partial charge in [0.15, 0.2) is 0 Å². The second-order valence-electron chi connectivity index (χ2n) is 8.72. The second kappa shape index (κ2) is 9.07. The standard InChI is InChI=1S/C26H27N7O/c1-17(14-32(2)3)34-24-11-19(20-13-30-33(4)15-20)10-23-25(24)26(29-16-28-23)31-21-8-7-18-6-5-9-27-22(18)12-21/h5-13,15-17H,14H2,1-4H3,(H,28,29,31)/t17-/m1/s1. The number of ether oxygens (including phenoxy) is 1. The van der Waals surface area contributed by atoms with Crippen LogP contribution in [0.15, 0.2) is 67.4 Å². The molecule has 1 atom stereocenters. The number of nitrogens with zero attached hydrogens (tertiary/aromatic N) is 6. The Morgan fingerprint density at radius 3 is 2.71 bits per heavy atom. The lowest BCUT2D eigenvalue weighted by Crippen LogP contribution is -2.28. The van der Waals surface area contributed by atoms with Crippen LogP contribution in [0.25, 0.3) is 32.9 Å². The molecule has 0 saturated carbocycles. The molecule has 3 aromatic heterocycles. The van der Waals surface area contributed by atoms with E-state index in [1.165, 1.54) is 0 Å². The summed E-state index contributed by atoms with van der Waals surface area (Å²) in [6.45, 7) is 2.85. The van der Waals surface area contributed by atoms with Crippen molar-refractivity contribution >= 4 is 33.3 Å². The van der Waals surface area contributed by atoms with Gasteiger partial charge in [0.25, 0.3) is 0 Å². The Morgan fingerprint density at radius 2 is 1.91 bits per heavy atom. The Kier molecular flexibility index (Phi) is 5.81. The fraction of sp³-hybridized carbons (Fsp3) is 0.231. The maximum Gasteiger partial charge on any atom is 0.145 e. The van der Waals surface area contributed by atoms with Crippen LogP contribution in [0.3, 0.4) is 0 Å². The molecule has 0 fully saturated rings. The van der Waals surface area contributed by atoms with Gasteiger partial charge in [-0.2, -0.15) is 5.10 Å². The fourth-order valence-electron chi connectivity index (χ4n) is 4.13. The first-order chi connectivity index (χ1) is 16.5. The molecule has 0 amide bonds. The Labute approximate surface area is 198 Å². The highest BCUT2D eigenvalue weighted by Gasteiger charge is 2.17. The van der Waals surface area contributed by atoms with Gasteiger partial charge in [-0.05, 0) is 56.9 Å². The maximum atomic E-state index is 6.45. The number of hydrogen-bond acceptors (Lipinski definition) is 7. The quantitative estimate of drug-likeness (QED) is 0.384. The van der Waals surface area contributed by atoms with E-state index in [-0.39, 0.29) is 6.10 Å². The third kappa shape index (κ3) is 4.53. The predicted molar refractivity (Wildman–Crippen MR) is 135 cm³/mol. The number of hydrogen-bond donors (Lipinski definition) is 1. The van der Waals surface area contributed by atoms with E-state index in [9.17, 15) is 0 Å². The summed E-state index contributed by atoms with van der Waals surface area (Å²) in [5.74, 6) is 1.41. The zero-order valence-electron chi connectivity index (χ0n) is 19.7. The normalized spacial score (nSPS) is 12.4. The molecule has 0 radical (unpaired) electrons. The minimum absolute atomic E-state index is 0.0275. The van der Waals surface area contributed by atoms with E-state index in [4.69, 9.17) is 4.74 Å². The Bertz CT molecular complexity index is 1460. The molecule has 34 heavy (non-hydrogen) atoms. The van der Waals surface area contributed by atoms with Gasteiger partial charge in [-0.25, -0.2) is 9.97 Å². The number of aryl methyl sites for hydroxylation is 1. The lowest BCUT2D eigenvalue weighted by atomic mass is 10.1. The van der Waals surface area contributed by atoms with Crippen molar-refractivity contribution in [2.24, 2.45) is 7.05 Å². The summed E-state index contributed by atoms with van der Waals surface area (Å²) in [6.07, 6.45) is 7.17. The zero-order valence-corrected chi connectivity index (χ0v) is 19.7. The number of pyridine rings is 1. The van der Waals surface area contributed by atoms with Gasteiger partial charge >= 0.3 is 0 Å².